The highest BCUT2D eigenvalue weighted by molar-refractivity contribution is 5.83. The molecule has 0 aliphatic carbocycles. The number of aromatic amines is 2. The molecule has 4 rings (SSSR count). The second-order valence-electron chi connectivity index (χ2n) is 5.79. The number of halogens is 1. The van der Waals surface area contributed by atoms with Crippen LogP contribution in [0.2, 0.25) is 0 Å². The largest absolute Gasteiger partial charge is 0.361 e. The first-order chi connectivity index (χ1) is 11.3. The van der Waals surface area contributed by atoms with Crippen LogP contribution < -0.4 is 5.32 Å². The van der Waals surface area contributed by atoms with Crippen molar-refractivity contribution >= 4 is 21.8 Å². The molecule has 2 heterocycles. The zero-order valence-corrected chi connectivity index (χ0v) is 12.7. The monoisotopic (exact) mass is 307 g/mol. The highest BCUT2D eigenvalue weighted by Crippen LogP contribution is 2.20. The van der Waals surface area contributed by atoms with E-state index in [4.69, 9.17) is 0 Å². The van der Waals surface area contributed by atoms with E-state index in [2.05, 4.69) is 39.6 Å². The molecule has 0 unspecified atom stereocenters. The smallest absolute Gasteiger partial charge is 0.123 e. The van der Waals surface area contributed by atoms with Gasteiger partial charge in [0.15, 0.2) is 0 Å². The molecule has 0 amide bonds. The van der Waals surface area contributed by atoms with Gasteiger partial charge in [0, 0.05) is 40.7 Å². The van der Waals surface area contributed by atoms with E-state index in [1.54, 1.807) is 12.1 Å². The first-order valence-corrected chi connectivity index (χ1v) is 7.82. The van der Waals surface area contributed by atoms with Crippen LogP contribution in [0.1, 0.15) is 11.1 Å². The van der Waals surface area contributed by atoms with Crippen molar-refractivity contribution in [2.45, 2.75) is 13.0 Å². The third-order valence-electron chi connectivity index (χ3n) is 4.30. The van der Waals surface area contributed by atoms with Crippen molar-refractivity contribution in [3.8, 4) is 0 Å². The summed E-state index contributed by atoms with van der Waals surface area (Å²) >= 11 is 0. The van der Waals surface area contributed by atoms with E-state index in [-0.39, 0.29) is 5.82 Å². The number of rotatable bonds is 5. The third-order valence-corrected chi connectivity index (χ3v) is 4.30. The molecule has 3 N–H and O–H groups in total. The predicted molar refractivity (Wildman–Crippen MR) is 92.0 cm³/mol. The van der Waals surface area contributed by atoms with Gasteiger partial charge in [-0.15, -0.1) is 0 Å². The molecule has 0 atom stereocenters. The Balaban J connectivity index is 1.42. The van der Waals surface area contributed by atoms with E-state index in [1.165, 1.54) is 17.0 Å². The van der Waals surface area contributed by atoms with Crippen molar-refractivity contribution in [1.29, 1.82) is 0 Å². The van der Waals surface area contributed by atoms with Crippen molar-refractivity contribution in [1.82, 2.24) is 15.3 Å². The molecule has 23 heavy (non-hydrogen) atoms. The lowest BCUT2D eigenvalue weighted by molar-refractivity contribution is 0.629. The van der Waals surface area contributed by atoms with Gasteiger partial charge in [-0.05, 0) is 54.4 Å². The van der Waals surface area contributed by atoms with Crippen molar-refractivity contribution in [3.63, 3.8) is 0 Å². The molecule has 2 aromatic heterocycles. The highest BCUT2D eigenvalue weighted by atomic mass is 19.1. The van der Waals surface area contributed by atoms with Gasteiger partial charge >= 0.3 is 0 Å². The quantitative estimate of drug-likeness (QED) is 0.477. The first kappa shape index (κ1) is 14.0. The number of hydrogen-bond acceptors (Lipinski definition) is 1. The maximum atomic E-state index is 13.4. The fourth-order valence-electron chi connectivity index (χ4n) is 3.11. The Hall–Kier alpha value is -2.59. The van der Waals surface area contributed by atoms with Gasteiger partial charge in [-0.3, -0.25) is 0 Å². The standard InChI is InChI=1S/C19H18FN3/c20-15-4-5-19-17(10-15)14(12-23-19)6-8-21-11-13-2-1-3-18-16(13)7-9-22-18/h1-5,7,9-10,12,21-23H,6,8,11H2. The van der Waals surface area contributed by atoms with Crippen LogP contribution in [0.5, 0.6) is 0 Å². The molecule has 0 aliphatic heterocycles. The number of fused-ring (bicyclic) bond motifs is 2. The molecular formula is C19H18FN3. The number of aromatic nitrogens is 2. The summed E-state index contributed by atoms with van der Waals surface area (Å²) < 4.78 is 13.4. The van der Waals surface area contributed by atoms with Gasteiger partial charge in [0.05, 0.1) is 0 Å². The molecule has 4 heteroatoms. The average Bonchev–Trinajstić information content (AvgIpc) is 3.18. The van der Waals surface area contributed by atoms with Crippen molar-refractivity contribution < 1.29 is 4.39 Å². The van der Waals surface area contributed by atoms with Crippen LogP contribution in [-0.4, -0.2) is 16.5 Å². The maximum absolute atomic E-state index is 13.4. The van der Waals surface area contributed by atoms with Gasteiger partial charge in [0.1, 0.15) is 5.82 Å². The first-order valence-electron chi connectivity index (χ1n) is 7.82. The molecule has 0 saturated heterocycles. The minimum absolute atomic E-state index is 0.189. The topological polar surface area (TPSA) is 43.6 Å². The zero-order chi connectivity index (χ0) is 15.6. The predicted octanol–water partition coefficient (Wildman–Crippen LogP) is 4.12. The lowest BCUT2D eigenvalue weighted by atomic mass is 10.1. The molecule has 0 radical (unpaired) electrons. The summed E-state index contributed by atoms with van der Waals surface area (Å²) in [6, 6.07) is 13.3. The molecule has 116 valence electrons. The third kappa shape index (κ3) is 2.73. The SMILES string of the molecule is Fc1ccc2[nH]cc(CCNCc3cccc4[nH]ccc34)c2c1. The van der Waals surface area contributed by atoms with E-state index < -0.39 is 0 Å². The van der Waals surface area contributed by atoms with Gasteiger partial charge < -0.3 is 15.3 Å². The Morgan fingerprint density at radius 3 is 2.78 bits per heavy atom. The number of H-pyrrole nitrogens is 2. The maximum Gasteiger partial charge on any atom is 0.123 e. The molecule has 2 aromatic carbocycles. The second kappa shape index (κ2) is 5.89. The minimum Gasteiger partial charge on any atom is -0.361 e. The van der Waals surface area contributed by atoms with Gasteiger partial charge in [-0.2, -0.15) is 0 Å². The molecule has 4 aromatic rings. The van der Waals surface area contributed by atoms with E-state index >= 15 is 0 Å². The fourth-order valence-corrected chi connectivity index (χ4v) is 3.11. The summed E-state index contributed by atoms with van der Waals surface area (Å²) in [5.74, 6) is -0.189. The summed E-state index contributed by atoms with van der Waals surface area (Å²) in [5, 5.41) is 5.71. The Morgan fingerprint density at radius 2 is 1.83 bits per heavy atom. The van der Waals surface area contributed by atoms with Crippen molar-refractivity contribution in [3.05, 3.63) is 71.8 Å². The van der Waals surface area contributed by atoms with E-state index in [0.717, 1.165) is 41.5 Å². The summed E-state index contributed by atoms with van der Waals surface area (Å²) in [7, 11) is 0. The minimum atomic E-state index is -0.189. The van der Waals surface area contributed by atoms with Gasteiger partial charge in [-0.1, -0.05) is 12.1 Å². The number of hydrogen-bond donors (Lipinski definition) is 3. The van der Waals surface area contributed by atoms with E-state index in [9.17, 15) is 4.39 Å². The molecule has 0 spiro atoms. The zero-order valence-electron chi connectivity index (χ0n) is 12.7. The molecule has 0 aliphatic rings. The lowest BCUT2D eigenvalue weighted by Gasteiger charge is -2.06. The number of benzene rings is 2. The normalized spacial score (nSPS) is 11.5. The van der Waals surface area contributed by atoms with E-state index in [0.29, 0.717) is 0 Å². The van der Waals surface area contributed by atoms with Gasteiger partial charge in [0.25, 0.3) is 0 Å². The summed E-state index contributed by atoms with van der Waals surface area (Å²) in [5.41, 5.74) is 4.58. The molecule has 0 fully saturated rings. The van der Waals surface area contributed by atoms with Gasteiger partial charge in [0.2, 0.25) is 0 Å². The van der Waals surface area contributed by atoms with Crippen LogP contribution in [0.25, 0.3) is 21.8 Å². The molecule has 0 saturated carbocycles. The summed E-state index contributed by atoms with van der Waals surface area (Å²) in [6.45, 7) is 1.68. The molecule has 0 bridgehead atoms. The van der Waals surface area contributed by atoms with Crippen LogP contribution in [0.15, 0.2) is 54.9 Å². The average molecular weight is 307 g/mol. The summed E-state index contributed by atoms with van der Waals surface area (Å²) in [6.07, 6.45) is 4.81. The van der Waals surface area contributed by atoms with Crippen LogP contribution >= 0.6 is 0 Å². The Morgan fingerprint density at radius 1 is 0.913 bits per heavy atom. The Labute approximate surface area is 133 Å². The van der Waals surface area contributed by atoms with Crippen LogP contribution in [-0.2, 0) is 13.0 Å². The van der Waals surface area contributed by atoms with Gasteiger partial charge in [-0.25, -0.2) is 4.39 Å². The van der Waals surface area contributed by atoms with Crippen molar-refractivity contribution in [2.24, 2.45) is 0 Å². The van der Waals surface area contributed by atoms with Crippen LogP contribution in [0.4, 0.5) is 4.39 Å². The highest BCUT2D eigenvalue weighted by Gasteiger charge is 2.05. The van der Waals surface area contributed by atoms with E-state index in [1.807, 2.05) is 12.4 Å². The Kier molecular flexibility index (Phi) is 3.60. The van der Waals surface area contributed by atoms with Crippen LogP contribution in [0.3, 0.4) is 0 Å². The fraction of sp³-hybridized carbons (Fsp3) is 0.158. The number of nitrogens with one attached hydrogen (secondary N) is 3. The van der Waals surface area contributed by atoms with Crippen LogP contribution in [0, 0.1) is 5.82 Å². The second-order valence-corrected chi connectivity index (χ2v) is 5.79. The molecular weight excluding hydrogens is 289 g/mol. The Bertz CT molecular complexity index is 951. The lowest BCUT2D eigenvalue weighted by Crippen LogP contribution is -2.16. The van der Waals surface area contributed by atoms with Crippen molar-refractivity contribution in [2.75, 3.05) is 6.54 Å². The summed E-state index contributed by atoms with van der Waals surface area (Å²) in [4.78, 5) is 6.43. The molecule has 3 nitrogen and oxygen atoms in total.